The van der Waals surface area contributed by atoms with Crippen LogP contribution in [0.25, 0.3) is 0 Å². The van der Waals surface area contributed by atoms with Crippen molar-refractivity contribution < 1.29 is 14.8 Å². The van der Waals surface area contributed by atoms with E-state index in [1.165, 1.54) is 12.1 Å². The van der Waals surface area contributed by atoms with Gasteiger partial charge in [-0.15, -0.1) is 0 Å². The lowest BCUT2D eigenvalue weighted by Crippen LogP contribution is -2.02. The van der Waals surface area contributed by atoms with Gasteiger partial charge in [-0.1, -0.05) is 25.1 Å². The van der Waals surface area contributed by atoms with Gasteiger partial charge in [0.2, 0.25) is 0 Å². The Labute approximate surface area is 123 Å². The van der Waals surface area contributed by atoms with Crippen LogP contribution in [0.4, 0.5) is 5.69 Å². The smallest absolute Gasteiger partial charge is 0.269 e. The Kier molecular flexibility index (Phi) is 4.90. The molecule has 2 rings (SSSR count). The lowest BCUT2D eigenvalue weighted by atomic mass is 10.1. The minimum absolute atomic E-state index is 0.0561. The highest BCUT2D eigenvalue weighted by molar-refractivity contribution is 5.36. The van der Waals surface area contributed by atoms with E-state index in [0.29, 0.717) is 18.8 Å². The normalized spacial score (nSPS) is 11.9. The number of ether oxygens (including phenoxy) is 1. The second kappa shape index (κ2) is 6.85. The number of hydrogen-bond acceptors (Lipinski definition) is 4. The van der Waals surface area contributed by atoms with Gasteiger partial charge in [0, 0.05) is 17.7 Å². The first-order valence-corrected chi connectivity index (χ1v) is 6.75. The summed E-state index contributed by atoms with van der Waals surface area (Å²) in [5, 5.41) is 20.5. The molecule has 2 aromatic carbocycles. The fourth-order valence-electron chi connectivity index (χ4n) is 1.98. The van der Waals surface area contributed by atoms with Crippen molar-refractivity contribution >= 4 is 5.69 Å². The highest BCUT2D eigenvalue weighted by Gasteiger charge is 2.11. The van der Waals surface area contributed by atoms with E-state index in [1.54, 1.807) is 18.2 Å². The van der Waals surface area contributed by atoms with E-state index in [1.807, 2.05) is 25.1 Å². The van der Waals surface area contributed by atoms with Crippen LogP contribution < -0.4 is 4.74 Å². The summed E-state index contributed by atoms with van der Waals surface area (Å²) in [6, 6.07) is 13.6. The van der Waals surface area contributed by atoms with E-state index >= 15 is 0 Å². The quantitative estimate of drug-likeness (QED) is 0.650. The largest absolute Gasteiger partial charge is 0.489 e. The third-order valence-electron chi connectivity index (χ3n) is 3.21. The van der Waals surface area contributed by atoms with Gasteiger partial charge in [0.05, 0.1) is 11.0 Å². The molecule has 0 aromatic heterocycles. The molecule has 5 heteroatoms. The third-order valence-corrected chi connectivity index (χ3v) is 3.21. The highest BCUT2D eigenvalue weighted by Crippen LogP contribution is 2.27. The van der Waals surface area contributed by atoms with Crippen LogP contribution in [0.1, 0.15) is 30.6 Å². The molecular formula is C16H17NO4. The number of nitro groups is 1. The van der Waals surface area contributed by atoms with Gasteiger partial charge in [-0.05, 0) is 30.2 Å². The van der Waals surface area contributed by atoms with Crippen molar-refractivity contribution in [2.45, 2.75) is 26.1 Å². The van der Waals surface area contributed by atoms with Gasteiger partial charge in [0.1, 0.15) is 12.4 Å². The van der Waals surface area contributed by atoms with E-state index in [9.17, 15) is 15.2 Å². The number of aliphatic hydroxyl groups excluding tert-OH is 1. The van der Waals surface area contributed by atoms with Crippen LogP contribution in [0.3, 0.4) is 0 Å². The molecule has 0 fully saturated rings. The van der Waals surface area contributed by atoms with Gasteiger partial charge in [-0.2, -0.15) is 0 Å². The topological polar surface area (TPSA) is 72.6 Å². The summed E-state index contributed by atoms with van der Waals surface area (Å²) in [5.74, 6) is 0.630. The first kappa shape index (κ1) is 15.0. The maximum Gasteiger partial charge on any atom is 0.269 e. The molecule has 110 valence electrons. The van der Waals surface area contributed by atoms with E-state index < -0.39 is 11.0 Å². The summed E-state index contributed by atoms with van der Waals surface area (Å²) in [7, 11) is 0. The van der Waals surface area contributed by atoms with Crippen LogP contribution in [0.2, 0.25) is 0 Å². The zero-order valence-electron chi connectivity index (χ0n) is 11.7. The van der Waals surface area contributed by atoms with Gasteiger partial charge < -0.3 is 9.84 Å². The summed E-state index contributed by atoms with van der Waals surface area (Å²) < 4.78 is 5.72. The Hall–Kier alpha value is -2.40. The number of non-ortho nitro benzene ring substituents is 1. The number of aliphatic hydroxyl groups is 1. The van der Waals surface area contributed by atoms with Crippen LogP contribution in [0, 0.1) is 10.1 Å². The molecule has 1 N–H and O–H groups in total. The van der Waals surface area contributed by atoms with Crippen molar-refractivity contribution in [1.29, 1.82) is 0 Å². The van der Waals surface area contributed by atoms with Gasteiger partial charge in [0.15, 0.2) is 0 Å². The molecule has 0 bridgehead atoms. The monoisotopic (exact) mass is 287 g/mol. The van der Waals surface area contributed by atoms with E-state index in [0.717, 1.165) is 11.1 Å². The SMILES string of the molecule is CC[C@H](O)c1ccccc1OCc1ccc([N+](=O)[O-])cc1. The molecule has 21 heavy (non-hydrogen) atoms. The Morgan fingerprint density at radius 1 is 1.19 bits per heavy atom. The average molecular weight is 287 g/mol. The van der Waals surface area contributed by atoms with E-state index in [4.69, 9.17) is 4.74 Å². The summed E-state index contributed by atoms with van der Waals surface area (Å²) in [4.78, 5) is 10.2. The average Bonchev–Trinajstić information content (AvgIpc) is 2.52. The zero-order valence-corrected chi connectivity index (χ0v) is 11.7. The molecule has 0 aliphatic carbocycles. The first-order valence-electron chi connectivity index (χ1n) is 6.75. The van der Waals surface area contributed by atoms with Gasteiger partial charge in [-0.3, -0.25) is 10.1 Å². The first-order chi connectivity index (χ1) is 10.1. The number of nitrogens with zero attached hydrogens (tertiary/aromatic N) is 1. The number of hydrogen-bond donors (Lipinski definition) is 1. The molecule has 5 nitrogen and oxygen atoms in total. The predicted octanol–water partition coefficient (Wildman–Crippen LogP) is 3.62. The van der Waals surface area contributed by atoms with Crippen LogP contribution in [-0.2, 0) is 6.61 Å². The number of benzene rings is 2. The number of nitro benzene ring substituents is 1. The fraction of sp³-hybridized carbons (Fsp3) is 0.250. The molecule has 1 atom stereocenters. The lowest BCUT2D eigenvalue weighted by Gasteiger charge is -2.14. The van der Waals surface area contributed by atoms with Crippen LogP contribution in [-0.4, -0.2) is 10.0 Å². The fourth-order valence-corrected chi connectivity index (χ4v) is 1.98. The molecule has 0 aliphatic heterocycles. The molecule has 0 radical (unpaired) electrons. The van der Waals surface area contributed by atoms with Crippen molar-refractivity contribution in [2.24, 2.45) is 0 Å². The van der Waals surface area contributed by atoms with Crippen LogP contribution >= 0.6 is 0 Å². The van der Waals surface area contributed by atoms with Gasteiger partial charge >= 0.3 is 0 Å². The minimum atomic E-state index is -0.557. The molecule has 0 amide bonds. The molecule has 0 heterocycles. The number of rotatable bonds is 6. The molecule has 0 unspecified atom stereocenters. The molecule has 0 spiro atoms. The summed E-state index contributed by atoms with van der Waals surface area (Å²) in [5.41, 5.74) is 1.64. The van der Waals surface area contributed by atoms with Crippen LogP contribution in [0.5, 0.6) is 5.75 Å². The maximum absolute atomic E-state index is 10.6. The van der Waals surface area contributed by atoms with Crippen molar-refractivity contribution in [3.8, 4) is 5.75 Å². The molecule has 0 saturated heterocycles. The number of para-hydroxylation sites is 1. The second-order valence-corrected chi connectivity index (χ2v) is 4.67. The van der Waals surface area contributed by atoms with Crippen molar-refractivity contribution in [2.75, 3.05) is 0 Å². The zero-order chi connectivity index (χ0) is 15.2. The minimum Gasteiger partial charge on any atom is -0.489 e. The molecular weight excluding hydrogens is 270 g/mol. The molecule has 2 aromatic rings. The summed E-state index contributed by atoms with van der Waals surface area (Å²) >= 11 is 0. The Morgan fingerprint density at radius 2 is 1.86 bits per heavy atom. The standard InChI is InChI=1S/C16H17NO4/c1-2-15(18)14-5-3-4-6-16(14)21-11-12-7-9-13(10-8-12)17(19)20/h3-10,15,18H,2,11H2,1H3/t15-/m0/s1. The summed E-state index contributed by atoms with van der Waals surface area (Å²) in [6.07, 6.45) is 0.0517. The Bertz CT molecular complexity index is 610. The van der Waals surface area contributed by atoms with Crippen molar-refractivity contribution in [3.05, 3.63) is 69.8 Å². The van der Waals surface area contributed by atoms with E-state index in [-0.39, 0.29) is 5.69 Å². The molecule has 0 aliphatic rings. The van der Waals surface area contributed by atoms with Crippen molar-refractivity contribution in [3.63, 3.8) is 0 Å². The predicted molar refractivity (Wildman–Crippen MR) is 79.1 cm³/mol. The van der Waals surface area contributed by atoms with Crippen molar-refractivity contribution in [1.82, 2.24) is 0 Å². The van der Waals surface area contributed by atoms with Crippen LogP contribution in [0.15, 0.2) is 48.5 Å². The highest BCUT2D eigenvalue weighted by atomic mass is 16.6. The third kappa shape index (κ3) is 3.79. The maximum atomic E-state index is 10.6. The van der Waals surface area contributed by atoms with Gasteiger partial charge in [0.25, 0.3) is 5.69 Å². The van der Waals surface area contributed by atoms with Gasteiger partial charge in [-0.25, -0.2) is 0 Å². The second-order valence-electron chi connectivity index (χ2n) is 4.67. The Morgan fingerprint density at radius 3 is 2.48 bits per heavy atom. The summed E-state index contributed by atoms with van der Waals surface area (Å²) in [6.45, 7) is 2.20. The Balaban J connectivity index is 2.08. The lowest BCUT2D eigenvalue weighted by molar-refractivity contribution is -0.384. The van der Waals surface area contributed by atoms with E-state index in [2.05, 4.69) is 0 Å². The molecule has 0 saturated carbocycles.